The molecule has 1 nitrogen and oxygen atoms in total. The molecule has 0 unspecified atom stereocenters. The van der Waals surface area contributed by atoms with Gasteiger partial charge in [-0.25, -0.2) is 0 Å². The maximum atomic E-state index is 11.3. The molecule has 0 fully saturated rings. The van der Waals surface area contributed by atoms with Gasteiger partial charge in [-0.05, 0) is 0 Å². The van der Waals surface area contributed by atoms with E-state index in [1.165, 1.54) is 0 Å². The van der Waals surface area contributed by atoms with Gasteiger partial charge in [0.25, 0.3) is 0 Å². The van der Waals surface area contributed by atoms with Crippen LogP contribution >= 0.6 is 18.6 Å². The van der Waals surface area contributed by atoms with Crippen molar-refractivity contribution in [3.05, 3.63) is 35.9 Å². The van der Waals surface area contributed by atoms with Crippen molar-refractivity contribution in [1.82, 2.24) is 0 Å². The minimum absolute atomic E-state index is 0.0618. The van der Waals surface area contributed by atoms with Crippen molar-refractivity contribution in [2.45, 2.75) is 0 Å². The van der Waals surface area contributed by atoms with E-state index in [1.807, 2.05) is 30.3 Å². The molecule has 11 heavy (non-hydrogen) atoms. The van der Waals surface area contributed by atoms with E-state index in [0.717, 1.165) is 9.99 Å². The van der Waals surface area contributed by atoms with Crippen LogP contribution in [0.25, 0.3) is 0 Å². The summed E-state index contributed by atoms with van der Waals surface area (Å²) in [5, 5.41) is 0. The van der Waals surface area contributed by atoms with Gasteiger partial charge in [-0.2, -0.15) is 0 Å². The summed E-state index contributed by atoms with van der Waals surface area (Å²) < 4.78 is 0.753. The van der Waals surface area contributed by atoms with E-state index in [1.54, 1.807) is 0 Å². The van der Waals surface area contributed by atoms with Crippen LogP contribution < -0.4 is 17.2 Å². The molecule has 0 radical (unpaired) electrons. The van der Waals surface area contributed by atoms with Crippen LogP contribution in [0.3, 0.4) is 0 Å². The average Bonchev–Trinajstić information content (AvgIpc) is 2.07. The van der Waals surface area contributed by atoms with Gasteiger partial charge in [-0.1, -0.05) is 0 Å². The zero-order chi connectivity index (χ0) is 8.10. The van der Waals surface area contributed by atoms with Crippen molar-refractivity contribution >= 4 is 24.4 Å². The second-order valence-corrected chi connectivity index (χ2v) is 7.23. The molecule has 0 aliphatic heterocycles. The Bertz CT molecular complexity index is 233. The maximum absolute atomic E-state index is 11.3. The molecule has 0 saturated carbocycles. The third kappa shape index (κ3) is 3.06. The van der Waals surface area contributed by atoms with Crippen LogP contribution in [-0.2, 0) is 0 Å². The van der Waals surface area contributed by atoms with Crippen LogP contribution in [0.1, 0.15) is 10.4 Å². The van der Waals surface area contributed by atoms with Crippen LogP contribution in [0.5, 0.6) is 0 Å². The molecule has 1 aromatic carbocycles. The van der Waals surface area contributed by atoms with Gasteiger partial charge in [0.05, 0.1) is 0 Å². The zero-order valence-electron chi connectivity index (χ0n) is 5.76. The SMILES string of the molecule is O=C(C[I-]I)c1ccccc1. The molecule has 0 bridgehead atoms. The van der Waals surface area contributed by atoms with Gasteiger partial charge < -0.3 is 0 Å². The molecule has 3 heteroatoms. The molecule has 0 heterocycles. The van der Waals surface area contributed by atoms with Gasteiger partial charge in [0.1, 0.15) is 0 Å². The van der Waals surface area contributed by atoms with Crippen LogP contribution in [0, 0.1) is 0 Å². The van der Waals surface area contributed by atoms with Crippen LogP contribution in [0.15, 0.2) is 30.3 Å². The molecule has 0 aromatic heterocycles. The van der Waals surface area contributed by atoms with Crippen molar-refractivity contribution in [3.63, 3.8) is 0 Å². The van der Waals surface area contributed by atoms with Crippen molar-refractivity contribution in [3.8, 4) is 0 Å². The number of rotatable bonds is 3. The number of carbonyl (C=O) groups excluding carboxylic acids is 1. The summed E-state index contributed by atoms with van der Waals surface area (Å²) in [4.78, 5) is 11.3. The van der Waals surface area contributed by atoms with Gasteiger partial charge in [0, 0.05) is 0 Å². The Kier molecular flexibility index (Phi) is 4.36. The summed E-state index contributed by atoms with van der Waals surface area (Å²) >= 11 is 2.38. The number of halogens is 2. The Hall–Kier alpha value is 0.350. The average molecular weight is 373 g/mol. The number of alkyl halides is 1. The van der Waals surface area contributed by atoms with Gasteiger partial charge in [0.2, 0.25) is 0 Å². The van der Waals surface area contributed by atoms with E-state index < -0.39 is 0 Å². The normalized spacial score (nSPS) is 9.91. The number of hydrogen-bond acceptors (Lipinski definition) is 1. The standard InChI is InChI=1S/C8H7I2O/c9-10-6-8(11)7-4-2-1-3-5-7/h1-5H,6H2/q-1. The molecule has 0 aliphatic carbocycles. The molecule has 1 rings (SSSR count). The molecule has 0 atom stereocenters. The predicted molar refractivity (Wildman–Crippen MR) is 49.7 cm³/mol. The zero-order valence-corrected chi connectivity index (χ0v) is 10.1. The molecule has 0 aliphatic rings. The molecular weight excluding hydrogens is 366 g/mol. The summed E-state index contributed by atoms with van der Waals surface area (Å²) in [5.74, 6) is 0.285. The number of carbonyl (C=O) groups is 1. The Morgan fingerprint density at radius 1 is 1.36 bits per heavy atom. The van der Waals surface area contributed by atoms with E-state index in [-0.39, 0.29) is 23.0 Å². The fourth-order valence-electron chi connectivity index (χ4n) is 0.747. The summed E-state index contributed by atoms with van der Waals surface area (Å²) in [6.45, 7) is 0. The molecular formula is C8H7I2O-. The Balaban J connectivity index is 2.69. The van der Waals surface area contributed by atoms with Crippen LogP contribution in [0.2, 0.25) is 0 Å². The van der Waals surface area contributed by atoms with Gasteiger partial charge in [0.15, 0.2) is 0 Å². The number of ketones is 1. The number of Topliss-reactive ketones (excluding diaryl/α,β-unsaturated/α-hetero) is 1. The van der Waals surface area contributed by atoms with Gasteiger partial charge >= 0.3 is 86.7 Å². The quantitative estimate of drug-likeness (QED) is 0.390. The monoisotopic (exact) mass is 373 g/mol. The Labute approximate surface area is 86.0 Å². The molecule has 1 aromatic rings. The first-order chi connectivity index (χ1) is 5.34. The molecule has 0 N–H and O–H groups in total. The van der Waals surface area contributed by atoms with Crippen LogP contribution in [0.4, 0.5) is 0 Å². The van der Waals surface area contributed by atoms with E-state index >= 15 is 0 Å². The molecule has 0 saturated heterocycles. The fraction of sp³-hybridized carbons (Fsp3) is 0.125. The van der Waals surface area contributed by atoms with Gasteiger partial charge in [-0.15, -0.1) is 0 Å². The second kappa shape index (κ2) is 5.08. The first-order valence-corrected chi connectivity index (χ1v) is 10.9. The summed E-state index contributed by atoms with van der Waals surface area (Å²) in [7, 11) is 0. The van der Waals surface area contributed by atoms with E-state index in [0.29, 0.717) is 0 Å². The van der Waals surface area contributed by atoms with E-state index in [9.17, 15) is 4.79 Å². The number of hydrogen-bond donors (Lipinski definition) is 0. The van der Waals surface area contributed by atoms with E-state index in [4.69, 9.17) is 0 Å². The molecule has 60 valence electrons. The summed E-state index contributed by atoms with van der Waals surface area (Å²) in [6.07, 6.45) is 0. The molecule has 0 spiro atoms. The molecule has 0 amide bonds. The van der Waals surface area contributed by atoms with Crippen molar-refractivity contribution in [2.75, 3.05) is 4.43 Å². The third-order valence-electron chi connectivity index (χ3n) is 1.27. The minimum atomic E-state index is 0.0618. The summed E-state index contributed by atoms with van der Waals surface area (Å²) in [6, 6.07) is 9.48. The predicted octanol–water partition coefficient (Wildman–Crippen LogP) is -0.692. The first kappa shape index (κ1) is 9.44. The van der Waals surface area contributed by atoms with Crippen molar-refractivity contribution in [1.29, 1.82) is 0 Å². The Morgan fingerprint density at radius 3 is 2.55 bits per heavy atom. The van der Waals surface area contributed by atoms with Gasteiger partial charge in [-0.3, -0.25) is 0 Å². The van der Waals surface area contributed by atoms with Crippen molar-refractivity contribution in [2.24, 2.45) is 0 Å². The van der Waals surface area contributed by atoms with Crippen LogP contribution in [-0.4, -0.2) is 10.2 Å². The van der Waals surface area contributed by atoms with Crippen molar-refractivity contribution < 1.29 is 22.0 Å². The third-order valence-corrected chi connectivity index (χ3v) is 4.18. The number of benzene rings is 1. The fourth-order valence-corrected chi connectivity index (χ4v) is 3.21. The second-order valence-electron chi connectivity index (χ2n) is 2.02. The summed E-state index contributed by atoms with van der Waals surface area (Å²) in [5.41, 5.74) is 0.851. The topological polar surface area (TPSA) is 17.1 Å². The first-order valence-electron chi connectivity index (χ1n) is 3.13. The Morgan fingerprint density at radius 2 is 2.00 bits per heavy atom. The van der Waals surface area contributed by atoms with E-state index in [2.05, 4.69) is 18.6 Å².